The average Bonchev–Trinajstić information content (AvgIpc) is 2.71. The first-order valence-corrected chi connectivity index (χ1v) is 9.47. The van der Waals surface area contributed by atoms with Crippen LogP contribution in [0.3, 0.4) is 0 Å². The Labute approximate surface area is 175 Å². The van der Waals surface area contributed by atoms with Gasteiger partial charge in [0.25, 0.3) is 5.56 Å². The third-order valence-electron chi connectivity index (χ3n) is 5.04. The molecule has 160 valence electrons. The lowest BCUT2D eigenvalue weighted by molar-refractivity contribution is -0.134. The lowest BCUT2D eigenvalue weighted by Crippen LogP contribution is -2.55. The molecule has 0 atom stereocenters. The Morgan fingerprint density at radius 3 is 2.20 bits per heavy atom. The molecule has 1 aromatic carbocycles. The Bertz CT molecular complexity index is 996. The fourth-order valence-electron chi connectivity index (χ4n) is 3.16. The molecular formula is C22H26N2O6. The second kappa shape index (κ2) is 8.94. The van der Waals surface area contributed by atoms with Crippen LogP contribution in [0.4, 0.5) is 0 Å². The normalized spacial score (nSPS) is 13.8. The molecule has 0 unspecified atom stereocenters. The van der Waals surface area contributed by atoms with Crippen LogP contribution in [0.5, 0.6) is 23.0 Å². The van der Waals surface area contributed by atoms with Crippen LogP contribution in [0.25, 0.3) is 6.08 Å². The molecule has 1 fully saturated rings. The van der Waals surface area contributed by atoms with E-state index in [-0.39, 0.29) is 17.6 Å². The summed E-state index contributed by atoms with van der Waals surface area (Å²) in [6.07, 6.45) is 3.07. The molecule has 2 aromatic rings. The van der Waals surface area contributed by atoms with Crippen molar-refractivity contribution in [3.05, 3.63) is 52.0 Å². The van der Waals surface area contributed by atoms with Crippen molar-refractivity contribution in [3.63, 3.8) is 0 Å². The molecule has 8 heteroatoms. The Hall–Kier alpha value is -3.42. The first kappa shape index (κ1) is 21.3. The van der Waals surface area contributed by atoms with Crippen LogP contribution in [-0.4, -0.2) is 55.9 Å². The molecule has 1 aliphatic heterocycles. The van der Waals surface area contributed by atoms with E-state index in [0.29, 0.717) is 36.1 Å². The van der Waals surface area contributed by atoms with E-state index in [9.17, 15) is 9.59 Å². The minimum Gasteiger partial charge on any atom is -0.493 e. The van der Waals surface area contributed by atoms with Crippen molar-refractivity contribution in [1.29, 1.82) is 0 Å². The number of aromatic nitrogens is 1. The minimum atomic E-state index is -0.130. The van der Waals surface area contributed by atoms with Crippen LogP contribution in [0.1, 0.15) is 11.3 Å². The molecule has 3 rings (SSSR count). The Morgan fingerprint density at radius 2 is 1.67 bits per heavy atom. The summed E-state index contributed by atoms with van der Waals surface area (Å²) >= 11 is 0. The standard InChI is InChI=1S/C22H26N2O6/c1-14-8-16(11-21(26)23(14)2)30-17-12-24(13-17)20(25)7-6-15-9-18(27-3)22(29-5)19(10-15)28-4/h6-11,17H,12-13H2,1-5H3/b7-6+. The molecule has 2 heterocycles. The average molecular weight is 414 g/mol. The third kappa shape index (κ3) is 4.42. The van der Waals surface area contributed by atoms with Gasteiger partial charge in [-0.25, -0.2) is 0 Å². The summed E-state index contributed by atoms with van der Waals surface area (Å²) in [6, 6.07) is 6.81. The number of hydrogen-bond donors (Lipinski definition) is 0. The number of carbonyl (C=O) groups excluding carboxylic acids is 1. The number of hydrogen-bond acceptors (Lipinski definition) is 6. The molecule has 30 heavy (non-hydrogen) atoms. The number of amides is 1. The number of pyridine rings is 1. The number of carbonyl (C=O) groups is 1. The van der Waals surface area contributed by atoms with E-state index >= 15 is 0 Å². The number of likely N-dealkylation sites (tertiary alicyclic amines) is 1. The molecular weight excluding hydrogens is 388 g/mol. The fourth-order valence-corrected chi connectivity index (χ4v) is 3.16. The first-order valence-electron chi connectivity index (χ1n) is 9.47. The second-order valence-electron chi connectivity index (χ2n) is 7.00. The SMILES string of the molecule is COc1cc(/C=C/C(=O)N2CC(Oc3cc(C)n(C)c(=O)c3)C2)cc(OC)c1OC. The van der Waals surface area contributed by atoms with Gasteiger partial charge >= 0.3 is 0 Å². The number of methoxy groups -OCH3 is 3. The summed E-state index contributed by atoms with van der Waals surface area (Å²) in [7, 11) is 6.34. The molecule has 1 aliphatic rings. The van der Waals surface area contributed by atoms with Crippen LogP contribution in [0, 0.1) is 6.92 Å². The van der Waals surface area contributed by atoms with Crippen molar-refractivity contribution in [2.45, 2.75) is 13.0 Å². The Balaban J connectivity index is 1.60. The molecule has 1 amide bonds. The zero-order valence-corrected chi connectivity index (χ0v) is 17.8. The lowest BCUT2D eigenvalue weighted by Gasteiger charge is -2.38. The number of nitrogens with zero attached hydrogens (tertiary/aromatic N) is 2. The smallest absolute Gasteiger partial charge is 0.254 e. The highest BCUT2D eigenvalue weighted by Gasteiger charge is 2.31. The Morgan fingerprint density at radius 1 is 1.03 bits per heavy atom. The molecule has 0 bridgehead atoms. The van der Waals surface area contributed by atoms with Crippen molar-refractivity contribution in [2.24, 2.45) is 7.05 Å². The van der Waals surface area contributed by atoms with Gasteiger partial charge in [0.1, 0.15) is 11.9 Å². The molecule has 8 nitrogen and oxygen atoms in total. The summed E-state index contributed by atoms with van der Waals surface area (Å²) in [6.45, 7) is 2.78. The predicted molar refractivity (Wildman–Crippen MR) is 113 cm³/mol. The van der Waals surface area contributed by atoms with Crippen molar-refractivity contribution in [1.82, 2.24) is 9.47 Å². The summed E-state index contributed by atoms with van der Waals surface area (Å²) in [5.74, 6) is 1.94. The first-order chi connectivity index (χ1) is 14.4. The van der Waals surface area contributed by atoms with Gasteiger partial charge in [-0.05, 0) is 36.8 Å². The van der Waals surface area contributed by atoms with Crippen molar-refractivity contribution in [2.75, 3.05) is 34.4 Å². The van der Waals surface area contributed by atoms with E-state index in [4.69, 9.17) is 18.9 Å². The third-order valence-corrected chi connectivity index (χ3v) is 5.04. The van der Waals surface area contributed by atoms with Crippen LogP contribution < -0.4 is 24.5 Å². The van der Waals surface area contributed by atoms with Gasteiger partial charge in [0, 0.05) is 24.9 Å². The van der Waals surface area contributed by atoms with Gasteiger partial charge in [0.2, 0.25) is 11.7 Å². The summed E-state index contributed by atoms with van der Waals surface area (Å²) in [4.78, 5) is 26.0. The Kier molecular flexibility index (Phi) is 6.34. The fraction of sp³-hybridized carbons (Fsp3) is 0.364. The van der Waals surface area contributed by atoms with E-state index < -0.39 is 0 Å². The summed E-state index contributed by atoms with van der Waals surface area (Å²) < 4.78 is 23.3. The summed E-state index contributed by atoms with van der Waals surface area (Å²) in [5, 5.41) is 0. The molecule has 1 aromatic heterocycles. The van der Waals surface area contributed by atoms with E-state index in [2.05, 4.69) is 0 Å². The highest BCUT2D eigenvalue weighted by molar-refractivity contribution is 5.92. The monoisotopic (exact) mass is 414 g/mol. The van der Waals surface area contributed by atoms with Gasteiger partial charge in [0.05, 0.1) is 34.4 Å². The van der Waals surface area contributed by atoms with Gasteiger partial charge in [-0.2, -0.15) is 0 Å². The van der Waals surface area contributed by atoms with Crippen LogP contribution >= 0.6 is 0 Å². The zero-order chi connectivity index (χ0) is 21.8. The molecule has 0 aliphatic carbocycles. The van der Waals surface area contributed by atoms with Gasteiger partial charge in [0.15, 0.2) is 11.5 Å². The molecule has 0 radical (unpaired) electrons. The maximum Gasteiger partial charge on any atom is 0.254 e. The largest absolute Gasteiger partial charge is 0.493 e. The van der Waals surface area contributed by atoms with Gasteiger partial charge in [-0.1, -0.05) is 0 Å². The van der Waals surface area contributed by atoms with Crippen molar-refractivity contribution >= 4 is 12.0 Å². The van der Waals surface area contributed by atoms with E-state index in [1.807, 2.05) is 13.0 Å². The number of aryl methyl sites for hydroxylation is 1. The van der Waals surface area contributed by atoms with Crippen LogP contribution in [0.15, 0.2) is 35.1 Å². The quantitative estimate of drug-likeness (QED) is 0.645. The molecule has 0 N–H and O–H groups in total. The highest BCUT2D eigenvalue weighted by atomic mass is 16.5. The van der Waals surface area contributed by atoms with E-state index in [0.717, 1.165) is 11.3 Å². The van der Waals surface area contributed by atoms with Gasteiger partial charge in [-0.15, -0.1) is 0 Å². The van der Waals surface area contributed by atoms with Crippen LogP contribution in [-0.2, 0) is 11.8 Å². The van der Waals surface area contributed by atoms with E-state index in [1.54, 1.807) is 48.9 Å². The van der Waals surface area contributed by atoms with Gasteiger partial charge in [-0.3, -0.25) is 9.59 Å². The maximum atomic E-state index is 12.4. The number of benzene rings is 1. The summed E-state index contributed by atoms with van der Waals surface area (Å²) in [5.41, 5.74) is 1.45. The number of rotatable bonds is 7. The minimum absolute atomic E-state index is 0.120. The highest BCUT2D eigenvalue weighted by Crippen LogP contribution is 2.38. The van der Waals surface area contributed by atoms with Crippen molar-refractivity contribution in [3.8, 4) is 23.0 Å². The topological polar surface area (TPSA) is 79.2 Å². The zero-order valence-electron chi connectivity index (χ0n) is 17.8. The van der Waals surface area contributed by atoms with E-state index in [1.165, 1.54) is 19.3 Å². The second-order valence-corrected chi connectivity index (χ2v) is 7.00. The van der Waals surface area contributed by atoms with Gasteiger partial charge < -0.3 is 28.4 Å². The predicted octanol–water partition coefficient (Wildman–Crippen LogP) is 2.02. The lowest BCUT2D eigenvalue weighted by atomic mass is 10.1. The number of ether oxygens (including phenoxy) is 4. The molecule has 1 saturated heterocycles. The van der Waals surface area contributed by atoms with Crippen molar-refractivity contribution < 1.29 is 23.7 Å². The maximum absolute atomic E-state index is 12.4. The molecule has 0 saturated carbocycles. The molecule has 0 spiro atoms. The van der Waals surface area contributed by atoms with Crippen LogP contribution in [0.2, 0.25) is 0 Å².